The second-order valence-electron chi connectivity index (χ2n) is 5.61. The molecule has 128 valence electrons. The second kappa shape index (κ2) is 6.68. The Morgan fingerprint density at radius 2 is 1.92 bits per heavy atom. The molecule has 0 aromatic heterocycles. The Labute approximate surface area is 142 Å². The van der Waals surface area contributed by atoms with Crippen molar-refractivity contribution < 1.29 is 18.9 Å². The van der Waals surface area contributed by atoms with E-state index in [1.54, 1.807) is 0 Å². The lowest BCUT2D eigenvalue weighted by Gasteiger charge is -2.28. The van der Waals surface area contributed by atoms with Crippen LogP contribution in [0.4, 0.5) is 21.5 Å². The van der Waals surface area contributed by atoms with Gasteiger partial charge in [-0.15, -0.1) is 0 Å². The van der Waals surface area contributed by atoms with Crippen LogP contribution in [0, 0.1) is 15.9 Å². The lowest BCUT2D eigenvalue weighted by atomic mass is 10.0. The summed E-state index contributed by atoms with van der Waals surface area (Å²) in [6.07, 6.45) is 0.573. The maximum Gasteiger partial charge on any atom is 0.269 e. The van der Waals surface area contributed by atoms with Gasteiger partial charge in [-0.25, -0.2) is 4.39 Å². The molecule has 2 amide bonds. The van der Waals surface area contributed by atoms with Crippen LogP contribution in [0.25, 0.3) is 0 Å². The Bertz CT molecular complexity index is 851. The number of amides is 2. The highest BCUT2D eigenvalue weighted by Gasteiger charge is 2.27. The molecule has 1 aliphatic heterocycles. The Morgan fingerprint density at radius 1 is 1.20 bits per heavy atom. The first-order valence-electron chi connectivity index (χ1n) is 7.57. The molecule has 1 N–H and O–H groups in total. The fourth-order valence-corrected chi connectivity index (χ4v) is 2.71. The molecule has 25 heavy (non-hydrogen) atoms. The van der Waals surface area contributed by atoms with Gasteiger partial charge in [0.1, 0.15) is 12.4 Å². The average molecular weight is 343 g/mol. The zero-order chi connectivity index (χ0) is 18.0. The molecule has 0 aliphatic carbocycles. The molecule has 0 bridgehead atoms. The smallest absolute Gasteiger partial charge is 0.269 e. The van der Waals surface area contributed by atoms with Gasteiger partial charge in [0.2, 0.25) is 11.8 Å². The number of nitro benzene ring substituents is 1. The van der Waals surface area contributed by atoms with Crippen LogP contribution in [0.5, 0.6) is 0 Å². The van der Waals surface area contributed by atoms with E-state index in [9.17, 15) is 24.1 Å². The number of aryl methyl sites for hydroxylation is 1. The third-order valence-corrected chi connectivity index (χ3v) is 3.90. The Balaban J connectivity index is 1.78. The van der Waals surface area contributed by atoms with Gasteiger partial charge < -0.3 is 10.2 Å². The average Bonchev–Trinajstić information content (AvgIpc) is 2.59. The lowest BCUT2D eigenvalue weighted by Crippen LogP contribution is -2.40. The van der Waals surface area contributed by atoms with Gasteiger partial charge in [-0.3, -0.25) is 19.7 Å². The minimum Gasteiger partial charge on any atom is -0.325 e. The van der Waals surface area contributed by atoms with Crippen LogP contribution in [0.3, 0.4) is 0 Å². The van der Waals surface area contributed by atoms with Crippen LogP contribution in [0.15, 0.2) is 42.5 Å². The number of hydrogen-bond acceptors (Lipinski definition) is 4. The minimum absolute atomic E-state index is 0.0520. The summed E-state index contributed by atoms with van der Waals surface area (Å²) in [4.78, 5) is 36.0. The molecule has 3 rings (SSSR count). The summed E-state index contributed by atoms with van der Waals surface area (Å²) in [5.74, 6) is -1.08. The fourth-order valence-electron chi connectivity index (χ4n) is 2.71. The number of carbonyl (C=O) groups is 2. The van der Waals surface area contributed by atoms with Gasteiger partial charge in [0.25, 0.3) is 5.69 Å². The van der Waals surface area contributed by atoms with Gasteiger partial charge in [0, 0.05) is 29.9 Å². The maximum atomic E-state index is 12.9. The van der Waals surface area contributed by atoms with E-state index in [1.807, 2.05) is 0 Å². The number of anilines is 2. The van der Waals surface area contributed by atoms with E-state index in [0.29, 0.717) is 23.4 Å². The van der Waals surface area contributed by atoms with Crippen LogP contribution in [0.1, 0.15) is 12.0 Å². The summed E-state index contributed by atoms with van der Waals surface area (Å²) in [6, 6.07) is 9.49. The van der Waals surface area contributed by atoms with E-state index < -0.39 is 16.6 Å². The highest BCUT2D eigenvalue weighted by atomic mass is 19.1. The first kappa shape index (κ1) is 16.6. The van der Waals surface area contributed by atoms with Crippen molar-refractivity contribution in [2.45, 2.75) is 12.8 Å². The van der Waals surface area contributed by atoms with Crippen molar-refractivity contribution in [1.29, 1.82) is 0 Å². The number of rotatable bonds is 4. The normalized spacial score (nSPS) is 13.3. The Morgan fingerprint density at radius 3 is 2.60 bits per heavy atom. The van der Waals surface area contributed by atoms with Crippen molar-refractivity contribution in [1.82, 2.24) is 0 Å². The van der Waals surface area contributed by atoms with Crippen molar-refractivity contribution in [2.24, 2.45) is 0 Å². The first-order chi connectivity index (χ1) is 11.9. The molecule has 0 fully saturated rings. The summed E-state index contributed by atoms with van der Waals surface area (Å²) in [6.45, 7) is -0.221. The SMILES string of the molecule is O=C(CN1C(=O)CCc2cc([N+](=O)[O-])ccc21)Nc1ccc(F)cc1. The molecule has 0 radical (unpaired) electrons. The van der Waals surface area contributed by atoms with E-state index in [4.69, 9.17) is 0 Å². The summed E-state index contributed by atoms with van der Waals surface area (Å²) in [5.41, 5.74) is 1.52. The zero-order valence-electron chi connectivity index (χ0n) is 13.1. The summed E-state index contributed by atoms with van der Waals surface area (Å²) < 4.78 is 12.9. The third kappa shape index (κ3) is 3.63. The molecule has 7 nitrogen and oxygen atoms in total. The van der Waals surface area contributed by atoms with Crippen molar-refractivity contribution in [2.75, 3.05) is 16.8 Å². The molecule has 1 heterocycles. The van der Waals surface area contributed by atoms with Crippen LogP contribution < -0.4 is 10.2 Å². The topological polar surface area (TPSA) is 92.5 Å². The van der Waals surface area contributed by atoms with E-state index in [1.165, 1.54) is 47.4 Å². The number of nitrogens with zero attached hydrogens (tertiary/aromatic N) is 2. The predicted molar refractivity (Wildman–Crippen MR) is 88.8 cm³/mol. The molecule has 0 saturated heterocycles. The quantitative estimate of drug-likeness (QED) is 0.682. The van der Waals surface area contributed by atoms with Crippen LogP contribution in [0.2, 0.25) is 0 Å². The number of benzene rings is 2. The summed E-state index contributed by atoms with van der Waals surface area (Å²) >= 11 is 0. The number of fused-ring (bicyclic) bond motifs is 1. The van der Waals surface area contributed by atoms with Crippen LogP contribution in [-0.2, 0) is 16.0 Å². The fraction of sp³-hybridized carbons (Fsp3) is 0.176. The molecular weight excluding hydrogens is 329 g/mol. The highest BCUT2D eigenvalue weighted by Crippen LogP contribution is 2.30. The van der Waals surface area contributed by atoms with E-state index in [-0.39, 0.29) is 24.6 Å². The highest BCUT2D eigenvalue weighted by molar-refractivity contribution is 6.04. The number of nitro groups is 1. The minimum atomic E-state index is -0.498. The monoisotopic (exact) mass is 343 g/mol. The number of hydrogen-bond donors (Lipinski definition) is 1. The number of nitrogens with one attached hydrogen (secondary N) is 1. The van der Waals surface area contributed by atoms with Crippen molar-refractivity contribution in [3.8, 4) is 0 Å². The third-order valence-electron chi connectivity index (χ3n) is 3.90. The molecular formula is C17H14FN3O4. The van der Waals surface area contributed by atoms with Gasteiger partial charge in [-0.1, -0.05) is 0 Å². The summed E-state index contributed by atoms with van der Waals surface area (Å²) in [5, 5.41) is 13.5. The Hall–Kier alpha value is -3.29. The molecule has 8 heteroatoms. The molecule has 0 saturated carbocycles. The van der Waals surface area contributed by atoms with Crippen LogP contribution >= 0.6 is 0 Å². The molecule has 0 spiro atoms. The zero-order valence-corrected chi connectivity index (χ0v) is 13.1. The van der Waals surface area contributed by atoms with E-state index in [2.05, 4.69) is 5.32 Å². The maximum absolute atomic E-state index is 12.9. The molecule has 0 atom stereocenters. The number of halogens is 1. The van der Waals surface area contributed by atoms with Crippen molar-refractivity contribution >= 4 is 28.9 Å². The number of carbonyl (C=O) groups excluding carboxylic acids is 2. The van der Waals surface area contributed by atoms with Crippen molar-refractivity contribution in [3.05, 3.63) is 64.0 Å². The van der Waals surface area contributed by atoms with Crippen LogP contribution in [-0.4, -0.2) is 23.3 Å². The largest absolute Gasteiger partial charge is 0.325 e. The van der Waals surface area contributed by atoms with Crippen molar-refractivity contribution in [3.63, 3.8) is 0 Å². The molecule has 2 aromatic rings. The molecule has 2 aromatic carbocycles. The van der Waals surface area contributed by atoms with E-state index in [0.717, 1.165) is 0 Å². The lowest BCUT2D eigenvalue weighted by molar-refractivity contribution is -0.384. The molecule has 0 unspecified atom stereocenters. The standard InChI is InChI=1S/C17H14FN3O4/c18-12-2-4-13(5-3-12)19-16(22)10-20-15-7-6-14(21(24)25)9-11(15)1-8-17(20)23/h2-7,9H,1,8,10H2,(H,19,22). The molecule has 1 aliphatic rings. The van der Waals surface area contributed by atoms with Gasteiger partial charge in [-0.2, -0.15) is 0 Å². The number of non-ortho nitro benzene ring substituents is 1. The van der Waals surface area contributed by atoms with E-state index >= 15 is 0 Å². The van der Waals surface area contributed by atoms with Gasteiger partial charge in [0.15, 0.2) is 0 Å². The predicted octanol–water partition coefficient (Wildman–Crippen LogP) is 2.65. The Kier molecular flexibility index (Phi) is 4.42. The second-order valence-corrected chi connectivity index (χ2v) is 5.61. The summed E-state index contributed by atoms with van der Waals surface area (Å²) in [7, 11) is 0. The van der Waals surface area contributed by atoms with Gasteiger partial charge in [-0.05, 0) is 42.3 Å². The van der Waals surface area contributed by atoms with Gasteiger partial charge >= 0.3 is 0 Å². The first-order valence-corrected chi connectivity index (χ1v) is 7.57. The van der Waals surface area contributed by atoms with Gasteiger partial charge in [0.05, 0.1) is 4.92 Å².